The Hall–Kier alpha value is -2.84. The monoisotopic (exact) mass is 870 g/mol. The SMILES string of the molecule is CC/C=C\C/C=C\C/C=C\C/C=C\C/C=C\C/C=C\C/C=C\CCCC(=O)NC(COP(=O)(O)OCC[N+](C)(C)C)C(O)/C=C/CC/C=C/CCCCCCCCCCCC. The summed E-state index contributed by atoms with van der Waals surface area (Å²) in [5.74, 6) is -0.250. The molecule has 8 nitrogen and oxygen atoms in total. The molecule has 3 unspecified atom stereocenters. The van der Waals surface area contributed by atoms with Crippen LogP contribution >= 0.6 is 7.82 Å². The predicted molar refractivity (Wildman–Crippen MR) is 262 cm³/mol. The van der Waals surface area contributed by atoms with Crippen molar-refractivity contribution in [3.05, 3.63) is 109 Å². The number of phosphoric ester groups is 1. The molecule has 0 saturated heterocycles. The minimum Gasteiger partial charge on any atom is -0.387 e. The molecule has 0 heterocycles. The molecule has 0 fully saturated rings. The van der Waals surface area contributed by atoms with E-state index in [2.05, 4.69) is 116 Å². The first-order valence-electron chi connectivity index (χ1n) is 23.8. The molecule has 0 aromatic heterocycles. The van der Waals surface area contributed by atoms with Gasteiger partial charge in [-0.1, -0.05) is 181 Å². The van der Waals surface area contributed by atoms with E-state index in [1.165, 1.54) is 64.2 Å². The lowest BCUT2D eigenvalue weighted by Gasteiger charge is -2.25. The molecule has 0 radical (unpaired) electrons. The van der Waals surface area contributed by atoms with E-state index >= 15 is 0 Å². The van der Waals surface area contributed by atoms with E-state index in [9.17, 15) is 19.4 Å². The second-order valence-electron chi connectivity index (χ2n) is 16.7. The highest BCUT2D eigenvalue weighted by molar-refractivity contribution is 7.47. The van der Waals surface area contributed by atoms with Crippen molar-refractivity contribution in [3.8, 4) is 0 Å². The fourth-order valence-corrected chi connectivity index (χ4v) is 6.72. The van der Waals surface area contributed by atoms with Crippen molar-refractivity contribution >= 4 is 13.7 Å². The number of aliphatic hydroxyl groups excluding tert-OH is 1. The molecule has 9 heteroatoms. The third kappa shape index (κ3) is 45.0. The molecule has 0 spiro atoms. The number of nitrogens with zero attached hydrogens (tertiary/aromatic N) is 1. The van der Waals surface area contributed by atoms with Crippen LogP contribution in [0.2, 0.25) is 0 Å². The summed E-state index contributed by atoms with van der Waals surface area (Å²) in [6.07, 6.45) is 61.7. The molecule has 0 rings (SSSR count). The molecule has 0 aromatic rings. The van der Waals surface area contributed by atoms with E-state index in [1.807, 2.05) is 27.2 Å². The van der Waals surface area contributed by atoms with Gasteiger partial charge < -0.3 is 19.8 Å². The number of unbranched alkanes of at least 4 members (excludes halogenated alkanes) is 12. The zero-order valence-electron chi connectivity index (χ0n) is 39.4. The van der Waals surface area contributed by atoms with Gasteiger partial charge in [0.15, 0.2) is 0 Å². The first kappa shape index (κ1) is 58.2. The van der Waals surface area contributed by atoms with Crippen molar-refractivity contribution in [2.24, 2.45) is 0 Å². The van der Waals surface area contributed by atoms with Crippen molar-refractivity contribution in [2.75, 3.05) is 40.9 Å². The van der Waals surface area contributed by atoms with Crippen molar-refractivity contribution in [1.82, 2.24) is 5.32 Å². The van der Waals surface area contributed by atoms with E-state index in [1.54, 1.807) is 6.08 Å². The zero-order valence-corrected chi connectivity index (χ0v) is 40.2. The standard InChI is InChI=1S/C52H89N2O6P/c1-6-8-10-12-14-16-18-20-22-24-25-26-27-28-29-30-32-34-36-38-40-42-44-46-52(56)53-50(49-60-61(57,58)59-48-47-54(3,4)5)51(55)45-43-41-39-37-35-33-31-23-21-19-17-15-13-11-9-7-2/h8,10,14,16,20,22,25-26,28-29,32,34-35,37-38,40,43,45,50-51,55H,6-7,9,11-13,15,17-19,21,23-24,27,30-31,33,36,39,41-42,44,46-49H2,1-5H3,(H-,53,56,57,58)/p+1/b10-8-,16-14-,22-20-,26-25-,29-28-,34-32-,37-35+,40-38-,45-43+. The van der Waals surface area contributed by atoms with Crippen LogP contribution in [-0.4, -0.2) is 73.4 Å². The van der Waals surface area contributed by atoms with E-state index in [0.29, 0.717) is 17.4 Å². The predicted octanol–water partition coefficient (Wildman–Crippen LogP) is 13.7. The third-order valence-electron chi connectivity index (χ3n) is 9.73. The van der Waals surface area contributed by atoms with E-state index in [-0.39, 0.29) is 25.5 Å². The van der Waals surface area contributed by atoms with Gasteiger partial charge in [-0.2, -0.15) is 0 Å². The van der Waals surface area contributed by atoms with Gasteiger partial charge in [0.25, 0.3) is 0 Å². The van der Waals surface area contributed by atoms with Gasteiger partial charge in [0.1, 0.15) is 13.2 Å². The summed E-state index contributed by atoms with van der Waals surface area (Å²) in [6.45, 7) is 4.61. The topological polar surface area (TPSA) is 105 Å². The highest BCUT2D eigenvalue weighted by Crippen LogP contribution is 2.43. The molecule has 3 N–H and O–H groups in total. The molecule has 348 valence electrons. The van der Waals surface area contributed by atoms with Gasteiger partial charge in [-0.25, -0.2) is 4.57 Å². The number of aliphatic hydroxyl groups is 1. The average Bonchev–Trinajstić information content (AvgIpc) is 3.21. The molecule has 1 amide bonds. The number of quaternary nitrogens is 1. The summed E-state index contributed by atoms with van der Waals surface area (Å²) in [4.78, 5) is 23.1. The Morgan fingerprint density at radius 1 is 0.574 bits per heavy atom. The van der Waals surface area contributed by atoms with Crippen molar-refractivity contribution in [3.63, 3.8) is 0 Å². The number of phosphoric acid groups is 1. The molecule has 0 aliphatic heterocycles. The molecule has 0 bridgehead atoms. The number of amides is 1. The van der Waals surface area contributed by atoms with Crippen LogP contribution in [0.5, 0.6) is 0 Å². The average molecular weight is 870 g/mol. The fourth-order valence-electron chi connectivity index (χ4n) is 5.99. The van der Waals surface area contributed by atoms with Crippen LogP contribution in [0.15, 0.2) is 109 Å². The molecule has 3 atom stereocenters. The highest BCUT2D eigenvalue weighted by Gasteiger charge is 2.27. The maximum atomic E-state index is 12.9. The molecular weight excluding hydrogens is 780 g/mol. The van der Waals surface area contributed by atoms with Crippen molar-refractivity contribution in [2.45, 2.75) is 174 Å². The van der Waals surface area contributed by atoms with Crippen LogP contribution in [0.3, 0.4) is 0 Å². The number of rotatable bonds is 41. The van der Waals surface area contributed by atoms with Crippen LogP contribution in [-0.2, 0) is 18.4 Å². The Morgan fingerprint density at radius 2 is 1.00 bits per heavy atom. The number of carbonyl (C=O) groups excluding carboxylic acids is 1. The van der Waals surface area contributed by atoms with Crippen LogP contribution in [0, 0.1) is 0 Å². The summed E-state index contributed by atoms with van der Waals surface area (Å²) < 4.78 is 23.5. The number of hydrogen-bond donors (Lipinski definition) is 3. The molecule has 0 aliphatic carbocycles. The third-order valence-corrected chi connectivity index (χ3v) is 10.7. The summed E-state index contributed by atoms with van der Waals surface area (Å²) >= 11 is 0. The number of nitrogens with one attached hydrogen (secondary N) is 1. The number of likely N-dealkylation sites (N-methyl/N-ethyl adjacent to an activating group) is 1. The van der Waals surface area contributed by atoms with Gasteiger partial charge >= 0.3 is 7.82 Å². The van der Waals surface area contributed by atoms with Crippen LogP contribution in [0.1, 0.15) is 162 Å². The quantitative estimate of drug-likeness (QED) is 0.0245. The van der Waals surface area contributed by atoms with Gasteiger partial charge in [-0.15, -0.1) is 0 Å². The minimum atomic E-state index is -4.37. The zero-order chi connectivity index (χ0) is 45.0. The lowest BCUT2D eigenvalue weighted by atomic mass is 10.1. The minimum absolute atomic E-state index is 0.0388. The van der Waals surface area contributed by atoms with E-state index < -0.39 is 20.0 Å². The van der Waals surface area contributed by atoms with Gasteiger partial charge in [-0.3, -0.25) is 13.8 Å². The van der Waals surface area contributed by atoms with E-state index in [0.717, 1.165) is 70.6 Å². The highest BCUT2D eigenvalue weighted by atomic mass is 31.2. The molecular formula is C52H90N2O6P+. The Labute approximate surface area is 374 Å². The summed E-state index contributed by atoms with van der Waals surface area (Å²) in [5, 5.41) is 13.8. The Bertz CT molecular complexity index is 1350. The molecule has 0 saturated carbocycles. The van der Waals surface area contributed by atoms with Gasteiger partial charge in [0.05, 0.1) is 39.9 Å². The fraction of sp³-hybridized carbons (Fsp3) is 0.635. The molecule has 0 aromatic carbocycles. The molecule has 0 aliphatic rings. The summed E-state index contributed by atoms with van der Waals surface area (Å²) in [5.41, 5.74) is 0. The van der Waals surface area contributed by atoms with Crippen molar-refractivity contribution in [1.29, 1.82) is 0 Å². The summed E-state index contributed by atoms with van der Waals surface area (Å²) in [7, 11) is 1.50. The van der Waals surface area contributed by atoms with E-state index in [4.69, 9.17) is 9.05 Å². The lowest BCUT2D eigenvalue weighted by Crippen LogP contribution is -2.45. The second kappa shape index (κ2) is 42.5. The van der Waals surface area contributed by atoms with Crippen LogP contribution < -0.4 is 5.32 Å². The maximum absolute atomic E-state index is 12.9. The number of hydrogen-bond acceptors (Lipinski definition) is 5. The van der Waals surface area contributed by atoms with Gasteiger partial charge in [0, 0.05) is 6.42 Å². The largest absolute Gasteiger partial charge is 0.472 e. The first-order valence-corrected chi connectivity index (χ1v) is 25.3. The Balaban J connectivity index is 4.56. The van der Waals surface area contributed by atoms with Crippen LogP contribution in [0.25, 0.3) is 0 Å². The maximum Gasteiger partial charge on any atom is 0.472 e. The van der Waals surface area contributed by atoms with Gasteiger partial charge in [-0.05, 0) is 83.5 Å². The van der Waals surface area contributed by atoms with Crippen LogP contribution in [0.4, 0.5) is 0 Å². The lowest BCUT2D eigenvalue weighted by molar-refractivity contribution is -0.870. The normalized spacial score (nSPS) is 15.2. The van der Waals surface area contributed by atoms with Crippen molar-refractivity contribution < 1.29 is 32.9 Å². The second-order valence-corrected chi connectivity index (χ2v) is 18.2. The Kier molecular flexibility index (Phi) is 40.5. The number of carbonyl (C=O) groups is 1. The first-order chi connectivity index (χ1) is 29.5. The summed E-state index contributed by atoms with van der Waals surface area (Å²) in [6, 6.07) is -0.901. The number of allylic oxidation sites excluding steroid dienone is 17. The molecule has 61 heavy (non-hydrogen) atoms. The Morgan fingerprint density at radius 3 is 1.51 bits per heavy atom. The van der Waals surface area contributed by atoms with Gasteiger partial charge in [0.2, 0.25) is 5.91 Å². The smallest absolute Gasteiger partial charge is 0.387 e.